The van der Waals surface area contributed by atoms with Gasteiger partial charge in [0.15, 0.2) is 0 Å². The highest BCUT2D eigenvalue weighted by Gasteiger charge is 2.40. The highest BCUT2D eigenvalue weighted by atomic mass is 35.5. The molecule has 2 unspecified atom stereocenters. The van der Waals surface area contributed by atoms with Crippen LogP contribution in [0.15, 0.2) is 18.2 Å². The molecule has 1 aliphatic rings. The van der Waals surface area contributed by atoms with Crippen LogP contribution in [0.4, 0.5) is 8.78 Å². The van der Waals surface area contributed by atoms with Crippen molar-refractivity contribution < 1.29 is 8.78 Å². The maximum atomic E-state index is 13.2. The number of hydrogen-bond donors (Lipinski definition) is 2. The van der Waals surface area contributed by atoms with Gasteiger partial charge in [-0.15, -0.1) is 0 Å². The van der Waals surface area contributed by atoms with Gasteiger partial charge in [-0.3, -0.25) is 11.3 Å². The van der Waals surface area contributed by atoms with E-state index in [0.717, 1.165) is 5.56 Å². The number of hydrogen-bond acceptors (Lipinski definition) is 2. The first kappa shape index (κ1) is 15.0. The summed E-state index contributed by atoms with van der Waals surface area (Å²) in [6.07, 6.45) is 0.962. The molecule has 2 nitrogen and oxygen atoms in total. The van der Waals surface area contributed by atoms with E-state index in [-0.39, 0.29) is 24.8 Å². The first-order valence-corrected chi connectivity index (χ1v) is 6.96. The fraction of sp³-hybridized carbons (Fsp3) is 0.538. The van der Waals surface area contributed by atoms with Crippen molar-refractivity contribution in [1.29, 1.82) is 0 Å². The standard InChI is InChI=1S/C13H16Cl2F2N2/c14-9-1-2-10(11(15)6-9)12(19-18)5-8-3-4-13(16,17)7-8/h1-2,6,8,12,19H,3-5,7,18H2. The molecule has 3 N–H and O–H groups in total. The van der Waals surface area contributed by atoms with Gasteiger partial charge in [0.05, 0.1) is 0 Å². The Balaban J connectivity index is 2.08. The summed E-state index contributed by atoms with van der Waals surface area (Å²) in [6, 6.07) is 4.90. The zero-order valence-electron chi connectivity index (χ0n) is 10.3. The number of hydrazine groups is 1. The van der Waals surface area contributed by atoms with Crippen LogP contribution in [0.2, 0.25) is 10.0 Å². The number of alkyl halides is 2. The van der Waals surface area contributed by atoms with Crippen LogP contribution >= 0.6 is 23.2 Å². The Hall–Kier alpha value is -0.420. The van der Waals surface area contributed by atoms with Gasteiger partial charge in [-0.05, 0) is 36.5 Å². The molecule has 1 fully saturated rings. The molecule has 1 aromatic rings. The van der Waals surface area contributed by atoms with Crippen molar-refractivity contribution in [2.24, 2.45) is 11.8 Å². The number of nitrogens with two attached hydrogens (primary N) is 1. The summed E-state index contributed by atoms with van der Waals surface area (Å²) in [5.74, 6) is 2.96. The fourth-order valence-corrected chi connectivity index (χ4v) is 3.19. The molecule has 19 heavy (non-hydrogen) atoms. The van der Waals surface area contributed by atoms with Crippen molar-refractivity contribution in [1.82, 2.24) is 5.43 Å². The van der Waals surface area contributed by atoms with Gasteiger partial charge in [0, 0.05) is 28.9 Å². The quantitative estimate of drug-likeness (QED) is 0.642. The summed E-state index contributed by atoms with van der Waals surface area (Å²) in [5, 5.41) is 1.04. The van der Waals surface area contributed by atoms with E-state index < -0.39 is 5.92 Å². The third-order valence-corrected chi connectivity index (χ3v) is 4.18. The van der Waals surface area contributed by atoms with E-state index in [1.807, 2.05) is 0 Å². The van der Waals surface area contributed by atoms with Crippen LogP contribution in [0.1, 0.15) is 37.3 Å². The lowest BCUT2D eigenvalue weighted by molar-refractivity contribution is 0.00430. The lowest BCUT2D eigenvalue weighted by Gasteiger charge is -2.21. The minimum atomic E-state index is -2.53. The van der Waals surface area contributed by atoms with Gasteiger partial charge >= 0.3 is 0 Å². The van der Waals surface area contributed by atoms with E-state index in [9.17, 15) is 8.78 Å². The highest BCUT2D eigenvalue weighted by Crippen LogP contribution is 2.43. The van der Waals surface area contributed by atoms with Gasteiger partial charge in [0.25, 0.3) is 0 Å². The number of rotatable bonds is 4. The predicted molar refractivity (Wildman–Crippen MR) is 73.4 cm³/mol. The molecule has 2 atom stereocenters. The van der Waals surface area contributed by atoms with Crippen molar-refractivity contribution in [3.05, 3.63) is 33.8 Å². The zero-order valence-corrected chi connectivity index (χ0v) is 11.8. The maximum absolute atomic E-state index is 13.2. The summed E-state index contributed by atoms with van der Waals surface area (Å²) in [4.78, 5) is 0. The maximum Gasteiger partial charge on any atom is 0.248 e. The Morgan fingerprint density at radius 1 is 1.42 bits per heavy atom. The Morgan fingerprint density at radius 3 is 2.68 bits per heavy atom. The summed E-state index contributed by atoms with van der Waals surface area (Å²) >= 11 is 12.0. The lowest BCUT2D eigenvalue weighted by atomic mass is 9.94. The number of benzene rings is 1. The molecule has 1 aliphatic carbocycles. The minimum absolute atomic E-state index is 0.0384. The van der Waals surface area contributed by atoms with E-state index in [4.69, 9.17) is 29.0 Å². The molecule has 6 heteroatoms. The van der Waals surface area contributed by atoms with Gasteiger partial charge in [-0.2, -0.15) is 0 Å². The van der Waals surface area contributed by atoms with Crippen LogP contribution < -0.4 is 11.3 Å². The van der Waals surface area contributed by atoms with E-state index in [1.165, 1.54) is 0 Å². The third-order valence-electron chi connectivity index (χ3n) is 3.61. The topological polar surface area (TPSA) is 38.0 Å². The predicted octanol–water partition coefficient (Wildman–Crippen LogP) is 4.32. The van der Waals surface area contributed by atoms with Crippen LogP contribution in [0.25, 0.3) is 0 Å². The minimum Gasteiger partial charge on any atom is -0.271 e. The van der Waals surface area contributed by atoms with Crippen molar-refractivity contribution >= 4 is 23.2 Å². The second-order valence-electron chi connectivity index (χ2n) is 5.09. The molecule has 1 aromatic carbocycles. The average Bonchev–Trinajstić information content (AvgIpc) is 2.66. The molecule has 0 heterocycles. The van der Waals surface area contributed by atoms with Crippen molar-refractivity contribution in [2.75, 3.05) is 0 Å². The number of halogens is 4. The van der Waals surface area contributed by atoms with Crippen LogP contribution in [0, 0.1) is 5.92 Å². The second kappa shape index (κ2) is 5.92. The SMILES string of the molecule is NNC(CC1CCC(F)(F)C1)c1ccc(Cl)cc1Cl. The summed E-state index contributed by atoms with van der Waals surface area (Å²) < 4.78 is 26.4. The molecular weight excluding hydrogens is 293 g/mol. The van der Waals surface area contributed by atoms with Crippen LogP contribution in [-0.4, -0.2) is 5.92 Å². The first-order valence-electron chi connectivity index (χ1n) is 6.20. The summed E-state index contributed by atoms with van der Waals surface area (Å²) in [7, 11) is 0. The molecule has 0 spiro atoms. The molecule has 0 radical (unpaired) electrons. The monoisotopic (exact) mass is 308 g/mol. The Morgan fingerprint density at radius 2 is 2.16 bits per heavy atom. The molecule has 0 amide bonds. The van der Waals surface area contributed by atoms with Gasteiger partial charge in [-0.25, -0.2) is 8.78 Å². The van der Waals surface area contributed by atoms with Crippen molar-refractivity contribution in [3.8, 4) is 0 Å². The molecule has 0 aliphatic heterocycles. The Kier molecular flexibility index (Phi) is 4.66. The molecule has 1 saturated carbocycles. The highest BCUT2D eigenvalue weighted by molar-refractivity contribution is 6.35. The van der Waals surface area contributed by atoms with Gasteiger partial charge in [-0.1, -0.05) is 29.3 Å². The Bertz CT molecular complexity index is 454. The van der Waals surface area contributed by atoms with Crippen molar-refractivity contribution in [3.63, 3.8) is 0 Å². The first-order chi connectivity index (χ1) is 8.91. The normalized spacial score (nSPS) is 23.5. The number of nitrogens with one attached hydrogen (secondary N) is 1. The smallest absolute Gasteiger partial charge is 0.248 e. The van der Waals surface area contributed by atoms with Crippen LogP contribution in [0.5, 0.6) is 0 Å². The van der Waals surface area contributed by atoms with E-state index in [2.05, 4.69) is 5.43 Å². The second-order valence-corrected chi connectivity index (χ2v) is 5.93. The molecule has 2 rings (SSSR count). The average molecular weight is 309 g/mol. The summed E-state index contributed by atoms with van der Waals surface area (Å²) in [5.41, 5.74) is 3.46. The fourth-order valence-electron chi connectivity index (χ4n) is 2.65. The van der Waals surface area contributed by atoms with E-state index >= 15 is 0 Å². The van der Waals surface area contributed by atoms with Gasteiger partial charge in [0.2, 0.25) is 5.92 Å². The van der Waals surface area contributed by atoms with Crippen molar-refractivity contribution in [2.45, 2.75) is 37.6 Å². The van der Waals surface area contributed by atoms with E-state index in [0.29, 0.717) is 22.9 Å². The van der Waals surface area contributed by atoms with Crippen LogP contribution in [0.3, 0.4) is 0 Å². The molecule has 0 bridgehead atoms. The molecular formula is C13H16Cl2F2N2. The largest absolute Gasteiger partial charge is 0.271 e. The molecule has 0 aromatic heterocycles. The zero-order chi connectivity index (χ0) is 14.0. The molecule has 106 valence electrons. The molecule has 0 saturated heterocycles. The van der Waals surface area contributed by atoms with Gasteiger partial charge < -0.3 is 0 Å². The van der Waals surface area contributed by atoms with Crippen LogP contribution in [-0.2, 0) is 0 Å². The third kappa shape index (κ3) is 3.78. The van der Waals surface area contributed by atoms with Gasteiger partial charge in [0.1, 0.15) is 0 Å². The Labute approximate surface area is 121 Å². The van der Waals surface area contributed by atoms with E-state index in [1.54, 1.807) is 18.2 Å². The summed E-state index contributed by atoms with van der Waals surface area (Å²) in [6.45, 7) is 0. The lowest BCUT2D eigenvalue weighted by Crippen LogP contribution is -2.29.